The van der Waals surface area contributed by atoms with E-state index in [2.05, 4.69) is 12.2 Å². The zero-order valence-electron chi connectivity index (χ0n) is 8.53. The number of hydrogen-bond acceptors (Lipinski definition) is 2. The summed E-state index contributed by atoms with van der Waals surface area (Å²) in [6.07, 6.45) is 3.81. The maximum Gasteiger partial charge on any atom is 0.117 e. The monoisotopic (exact) mass is 191 g/mol. The van der Waals surface area contributed by atoms with E-state index in [1.54, 1.807) is 12.1 Å². The van der Waals surface area contributed by atoms with Crippen LogP contribution in [0.25, 0.3) is 0 Å². The Morgan fingerprint density at radius 2 is 2.21 bits per heavy atom. The van der Waals surface area contributed by atoms with Crippen LogP contribution in [-0.2, 0) is 0 Å². The lowest BCUT2D eigenvalue weighted by Crippen LogP contribution is -2.14. The molecule has 2 heteroatoms. The smallest absolute Gasteiger partial charge is 0.117 e. The summed E-state index contributed by atoms with van der Waals surface area (Å²) in [5, 5.41) is 12.8. The molecule has 1 aromatic carbocycles. The predicted molar refractivity (Wildman–Crippen MR) is 58.5 cm³/mol. The van der Waals surface area contributed by atoms with E-state index in [1.165, 1.54) is 19.3 Å². The highest BCUT2D eigenvalue weighted by atomic mass is 16.3. The van der Waals surface area contributed by atoms with Gasteiger partial charge in [-0.15, -0.1) is 0 Å². The number of nitrogens with one attached hydrogen (secondary N) is 1. The molecule has 1 aromatic rings. The van der Waals surface area contributed by atoms with Crippen molar-refractivity contribution in [1.29, 1.82) is 0 Å². The van der Waals surface area contributed by atoms with Gasteiger partial charge in [-0.3, -0.25) is 0 Å². The number of aromatic hydroxyl groups is 1. The lowest BCUT2D eigenvalue weighted by Gasteiger charge is -2.13. The summed E-state index contributed by atoms with van der Waals surface area (Å²) < 4.78 is 0. The Bertz CT molecular complexity index is 311. The average molecular weight is 191 g/mol. The molecular weight excluding hydrogens is 174 g/mol. The molecule has 0 radical (unpaired) electrons. The van der Waals surface area contributed by atoms with E-state index in [4.69, 9.17) is 0 Å². The number of hydrogen-bond donors (Lipinski definition) is 2. The summed E-state index contributed by atoms with van der Waals surface area (Å²) >= 11 is 0. The Balaban J connectivity index is 1.97. The Kier molecular flexibility index (Phi) is 2.62. The third-order valence-electron chi connectivity index (χ3n) is 2.91. The maximum absolute atomic E-state index is 9.30. The minimum absolute atomic E-state index is 0.334. The van der Waals surface area contributed by atoms with Crippen molar-refractivity contribution in [3.8, 4) is 5.75 Å². The van der Waals surface area contributed by atoms with Gasteiger partial charge in [0.15, 0.2) is 0 Å². The number of phenols is 1. The number of anilines is 1. The fourth-order valence-corrected chi connectivity index (χ4v) is 2.17. The summed E-state index contributed by atoms with van der Waals surface area (Å²) in [5.74, 6) is 1.17. The van der Waals surface area contributed by atoms with Gasteiger partial charge in [-0.1, -0.05) is 13.0 Å². The quantitative estimate of drug-likeness (QED) is 0.753. The molecule has 2 nitrogen and oxygen atoms in total. The van der Waals surface area contributed by atoms with Crippen LogP contribution in [-0.4, -0.2) is 11.1 Å². The van der Waals surface area contributed by atoms with Gasteiger partial charge in [0.1, 0.15) is 5.75 Å². The van der Waals surface area contributed by atoms with Gasteiger partial charge < -0.3 is 10.4 Å². The van der Waals surface area contributed by atoms with Gasteiger partial charge in [0, 0.05) is 17.8 Å². The van der Waals surface area contributed by atoms with Crippen LogP contribution in [0.1, 0.15) is 26.2 Å². The van der Waals surface area contributed by atoms with Crippen LogP contribution in [0.5, 0.6) is 5.75 Å². The van der Waals surface area contributed by atoms with Gasteiger partial charge >= 0.3 is 0 Å². The molecule has 0 spiro atoms. The van der Waals surface area contributed by atoms with Crippen molar-refractivity contribution in [2.45, 2.75) is 32.2 Å². The summed E-state index contributed by atoms with van der Waals surface area (Å²) in [6, 6.07) is 7.94. The Hall–Kier alpha value is -1.18. The minimum atomic E-state index is 0.334. The zero-order valence-corrected chi connectivity index (χ0v) is 8.53. The number of phenolic OH excluding ortho intramolecular Hbond substituents is 1. The fourth-order valence-electron chi connectivity index (χ4n) is 2.17. The van der Waals surface area contributed by atoms with Crippen molar-refractivity contribution in [2.24, 2.45) is 5.92 Å². The van der Waals surface area contributed by atoms with Crippen LogP contribution in [0.15, 0.2) is 24.3 Å². The molecule has 0 bridgehead atoms. The van der Waals surface area contributed by atoms with Crippen molar-refractivity contribution in [2.75, 3.05) is 5.32 Å². The number of benzene rings is 1. The van der Waals surface area contributed by atoms with Crippen molar-refractivity contribution in [1.82, 2.24) is 0 Å². The molecule has 0 aliphatic heterocycles. The third kappa shape index (κ3) is 2.19. The molecule has 0 amide bonds. The second kappa shape index (κ2) is 3.91. The van der Waals surface area contributed by atoms with Gasteiger partial charge in [-0.25, -0.2) is 0 Å². The highest BCUT2D eigenvalue weighted by Gasteiger charge is 2.20. The van der Waals surface area contributed by atoms with E-state index in [9.17, 15) is 5.11 Å². The molecule has 76 valence electrons. The first-order chi connectivity index (χ1) is 6.74. The second-order valence-electron chi connectivity index (χ2n) is 4.31. The van der Waals surface area contributed by atoms with Crippen molar-refractivity contribution >= 4 is 5.69 Å². The van der Waals surface area contributed by atoms with Crippen molar-refractivity contribution < 1.29 is 5.11 Å². The van der Waals surface area contributed by atoms with E-state index in [-0.39, 0.29) is 0 Å². The lowest BCUT2D eigenvalue weighted by molar-refractivity contribution is 0.475. The third-order valence-corrected chi connectivity index (χ3v) is 2.91. The standard InChI is InChI=1S/C12H17NO/c1-9-5-6-11(7-9)13-10-3-2-4-12(14)8-10/h2-4,8-9,11,13-14H,5-7H2,1H3. The van der Waals surface area contributed by atoms with Crippen LogP contribution in [0.4, 0.5) is 5.69 Å². The highest BCUT2D eigenvalue weighted by molar-refractivity contribution is 5.48. The molecule has 2 N–H and O–H groups in total. The summed E-state index contributed by atoms with van der Waals surface area (Å²) in [6.45, 7) is 2.30. The fraction of sp³-hybridized carbons (Fsp3) is 0.500. The maximum atomic E-state index is 9.30. The largest absolute Gasteiger partial charge is 0.508 e. The van der Waals surface area contributed by atoms with Gasteiger partial charge in [-0.2, -0.15) is 0 Å². The molecule has 0 aromatic heterocycles. The van der Waals surface area contributed by atoms with Crippen molar-refractivity contribution in [3.63, 3.8) is 0 Å². The zero-order chi connectivity index (χ0) is 9.97. The lowest BCUT2D eigenvalue weighted by atomic mass is 10.1. The Morgan fingerprint density at radius 1 is 1.36 bits per heavy atom. The molecular formula is C12H17NO. The molecule has 1 aliphatic carbocycles. The van der Waals surface area contributed by atoms with Crippen LogP contribution in [0.3, 0.4) is 0 Å². The molecule has 2 unspecified atom stereocenters. The van der Waals surface area contributed by atoms with Crippen LogP contribution < -0.4 is 5.32 Å². The van der Waals surface area contributed by atoms with Gasteiger partial charge in [-0.05, 0) is 37.3 Å². The van der Waals surface area contributed by atoms with Crippen molar-refractivity contribution in [3.05, 3.63) is 24.3 Å². The van der Waals surface area contributed by atoms with Crippen LogP contribution in [0.2, 0.25) is 0 Å². The second-order valence-corrected chi connectivity index (χ2v) is 4.31. The molecule has 14 heavy (non-hydrogen) atoms. The highest BCUT2D eigenvalue weighted by Crippen LogP contribution is 2.28. The molecule has 0 saturated heterocycles. The first-order valence-corrected chi connectivity index (χ1v) is 5.29. The first-order valence-electron chi connectivity index (χ1n) is 5.29. The van der Waals surface area contributed by atoms with Crippen LogP contribution in [0, 0.1) is 5.92 Å². The number of rotatable bonds is 2. The summed E-state index contributed by atoms with van der Waals surface area (Å²) in [5.41, 5.74) is 1.03. The molecule has 1 aliphatic rings. The molecule has 2 atom stereocenters. The molecule has 1 saturated carbocycles. The normalized spacial score (nSPS) is 26.4. The van der Waals surface area contributed by atoms with E-state index < -0.39 is 0 Å². The van der Waals surface area contributed by atoms with Gasteiger partial charge in [0.25, 0.3) is 0 Å². The van der Waals surface area contributed by atoms with Gasteiger partial charge in [0.2, 0.25) is 0 Å². The van der Waals surface area contributed by atoms with E-state index in [0.29, 0.717) is 11.8 Å². The minimum Gasteiger partial charge on any atom is -0.508 e. The van der Waals surface area contributed by atoms with E-state index in [0.717, 1.165) is 11.6 Å². The average Bonchev–Trinajstić information content (AvgIpc) is 2.51. The predicted octanol–water partition coefficient (Wildman–Crippen LogP) is 2.99. The topological polar surface area (TPSA) is 32.3 Å². The molecule has 1 fully saturated rings. The Morgan fingerprint density at radius 3 is 2.86 bits per heavy atom. The SMILES string of the molecule is CC1CCC(Nc2cccc(O)c2)C1. The molecule has 2 rings (SSSR count). The first kappa shape index (κ1) is 9.38. The summed E-state index contributed by atoms with van der Waals surface area (Å²) in [4.78, 5) is 0. The Labute approximate surface area is 85.0 Å². The summed E-state index contributed by atoms with van der Waals surface area (Å²) in [7, 11) is 0. The van der Waals surface area contributed by atoms with E-state index >= 15 is 0 Å². The van der Waals surface area contributed by atoms with Gasteiger partial charge in [0.05, 0.1) is 0 Å². The molecule has 0 heterocycles. The van der Waals surface area contributed by atoms with E-state index in [1.807, 2.05) is 12.1 Å². The van der Waals surface area contributed by atoms with Crippen LogP contribution >= 0.6 is 0 Å².